The molecule has 0 saturated heterocycles. The highest BCUT2D eigenvalue weighted by Gasteiger charge is 2.20. The number of furan rings is 1. The smallest absolute Gasteiger partial charge is 0.311 e. The van der Waals surface area contributed by atoms with Crippen LogP contribution in [0.4, 0.5) is 5.69 Å². The summed E-state index contributed by atoms with van der Waals surface area (Å²) in [7, 11) is 0. The Bertz CT molecular complexity index is 2110. The van der Waals surface area contributed by atoms with E-state index in [4.69, 9.17) is 20.8 Å². The molecule has 0 unspecified atom stereocenters. The molecule has 0 fully saturated rings. The summed E-state index contributed by atoms with van der Waals surface area (Å²) in [4.78, 5) is 29.7. The van der Waals surface area contributed by atoms with Crippen molar-refractivity contribution >= 4 is 77.2 Å². The number of benzene rings is 4. The van der Waals surface area contributed by atoms with E-state index in [0.29, 0.717) is 32.8 Å². The highest BCUT2D eigenvalue weighted by molar-refractivity contribution is 9.11. The molecule has 0 aliphatic carbocycles. The van der Waals surface area contributed by atoms with Gasteiger partial charge in [0.15, 0.2) is 5.76 Å². The molecule has 0 atom stereocenters. The minimum atomic E-state index is -0.530. The van der Waals surface area contributed by atoms with Crippen molar-refractivity contribution < 1.29 is 14.1 Å². The molecule has 4 aromatic carbocycles. The number of nitrogens with zero attached hydrogens (tertiary/aromatic N) is 4. The minimum absolute atomic E-state index is 0.00259. The van der Waals surface area contributed by atoms with Crippen LogP contribution >= 0.6 is 43.5 Å². The van der Waals surface area contributed by atoms with Gasteiger partial charge in [-0.15, -0.1) is 0 Å². The second-order valence-corrected chi connectivity index (χ2v) is 11.3. The highest BCUT2D eigenvalue weighted by Crippen LogP contribution is 2.33. The van der Waals surface area contributed by atoms with E-state index in [0.717, 1.165) is 24.6 Å². The van der Waals surface area contributed by atoms with Gasteiger partial charge in [-0.3, -0.25) is 14.9 Å². The van der Waals surface area contributed by atoms with Gasteiger partial charge in [0.2, 0.25) is 11.6 Å². The molecule has 6 aromatic rings. The van der Waals surface area contributed by atoms with Crippen LogP contribution in [0.1, 0.15) is 11.1 Å². The number of nitro benzene ring substituents is 1. The van der Waals surface area contributed by atoms with E-state index in [1.54, 1.807) is 54.6 Å². The number of hydrogen-bond donors (Lipinski definition) is 0. The third-order valence-electron chi connectivity index (χ3n) is 6.37. The van der Waals surface area contributed by atoms with Crippen LogP contribution in [0, 0.1) is 10.1 Å². The molecule has 9 nitrogen and oxygen atoms in total. The van der Waals surface area contributed by atoms with Gasteiger partial charge in [-0.1, -0.05) is 67.7 Å². The molecule has 6 rings (SSSR count). The van der Waals surface area contributed by atoms with E-state index >= 15 is 0 Å². The second kappa shape index (κ2) is 11.5. The average molecular weight is 709 g/mol. The molecule has 2 heterocycles. The Labute approximate surface area is 259 Å². The largest absolute Gasteiger partial charge is 0.481 e. The van der Waals surface area contributed by atoms with Crippen molar-refractivity contribution in [1.82, 2.24) is 9.66 Å². The maximum atomic E-state index is 13.6. The topological polar surface area (TPSA) is 113 Å². The number of rotatable bonds is 7. The molecule has 42 heavy (non-hydrogen) atoms. The van der Waals surface area contributed by atoms with Gasteiger partial charge in [0.25, 0.3) is 5.56 Å². The van der Waals surface area contributed by atoms with Crippen molar-refractivity contribution in [3.8, 4) is 17.3 Å². The first-order valence-electron chi connectivity index (χ1n) is 12.4. The maximum absolute atomic E-state index is 13.6. The van der Waals surface area contributed by atoms with Crippen molar-refractivity contribution in [2.24, 2.45) is 5.10 Å². The van der Waals surface area contributed by atoms with Crippen molar-refractivity contribution in [3.05, 3.63) is 130 Å². The molecule has 0 bridgehead atoms. The molecular formula is C30H17Br2ClN4O5. The molecule has 0 saturated carbocycles. The fourth-order valence-electron chi connectivity index (χ4n) is 4.37. The molecule has 0 radical (unpaired) electrons. The van der Waals surface area contributed by atoms with Crippen LogP contribution in [0.15, 0.2) is 108 Å². The molecule has 0 amide bonds. The van der Waals surface area contributed by atoms with Gasteiger partial charge in [-0.2, -0.15) is 9.78 Å². The van der Waals surface area contributed by atoms with Crippen LogP contribution in [0.5, 0.6) is 5.75 Å². The lowest BCUT2D eigenvalue weighted by atomic mass is 10.2. The van der Waals surface area contributed by atoms with Gasteiger partial charge in [-0.25, -0.2) is 4.98 Å². The summed E-state index contributed by atoms with van der Waals surface area (Å²) in [6, 6.07) is 23.8. The third kappa shape index (κ3) is 5.46. The Hall–Kier alpha value is -4.32. The van der Waals surface area contributed by atoms with Crippen LogP contribution in [-0.2, 0) is 6.61 Å². The number of ether oxygens (including phenoxy) is 1. The minimum Gasteiger partial charge on any atom is -0.481 e. The highest BCUT2D eigenvalue weighted by atomic mass is 79.9. The summed E-state index contributed by atoms with van der Waals surface area (Å²) < 4.78 is 14.7. The predicted octanol–water partition coefficient (Wildman–Crippen LogP) is 8.36. The van der Waals surface area contributed by atoms with Crippen molar-refractivity contribution in [2.45, 2.75) is 6.61 Å². The quantitative estimate of drug-likeness (QED) is 0.0936. The fraction of sp³-hybridized carbons (Fsp3) is 0.0333. The third-order valence-corrected chi connectivity index (χ3v) is 7.84. The first-order chi connectivity index (χ1) is 20.3. The number of hydrogen-bond acceptors (Lipinski definition) is 7. The summed E-state index contributed by atoms with van der Waals surface area (Å²) in [6.45, 7) is 0.0455. The standard InChI is InChI=1S/C30H17Br2ClN4O5/c31-20-9-8-18(23(32)14-20)16-41-28-17(4-3-7-25(28)37(39)40)15-34-36-29(35-24-6-2-1-5-22(24)30(36)38)27-13-19-12-21(33)10-11-26(19)42-27/h1-15H,16H2. The molecule has 0 aliphatic rings. The van der Waals surface area contributed by atoms with E-state index in [2.05, 4.69) is 41.9 Å². The van der Waals surface area contributed by atoms with Gasteiger partial charge >= 0.3 is 5.69 Å². The zero-order valence-electron chi connectivity index (χ0n) is 21.3. The summed E-state index contributed by atoms with van der Waals surface area (Å²) in [5.74, 6) is 0.444. The monoisotopic (exact) mass is 706 g/mol. The van der Waals surface area contributed by atoms with Gasteiger partial charge in [-0.05, 0) is 54.6 Å². The van der Waals surface area contributed by atoms with E-state index in [1.807, 2.05) is 18.2 Å². The van der Waals surface area contributed by atoms with E-state index < -0.39 is 10.5 Å². The lowest BCUT2D eigenvalue weighted by Gasteiger charge is -2.11. The number of halogens is 3. The van der Waals surface area contributed by atoms with E-state index in [9.17, 15) is 14.9 Å². The van der Waals surface area contributed by atoms with E-state index in [-0.39, 0.29) is 23.9 Å². The van der Waals surface area contributed by atoms with Gasteiger partial charge in [0.05, 0.1) is 22.0 Å². The van der Waals surface area contributed by atoms with Crippen LogP contribution in [0.2, 0.25) is 5.02 Å². The Kier molecular flexibility index (Phi) is 7.63. The maximum Gasteiger partial charge on any atom is 0.311 e. The zero-order chi connectivity index (χ0) is 29.4. The summed E-state index contributed by atoms with van der Waals surface area (Å²) in [6.07, 6.45) is 1.33. The Balaban J connectivity index is 1.47. The van der Waals surface area contributed by atoms with Crippen LogP contribution in [0.3, 0.4) is 0 Å². The zero-order valence-corrected chi connectivity index (χ0v) is 25.3. The summed E-state index contributed by atoms with van der Waals surface area (Å²) in [5, 5.41) is 17.9. The average Bonchev–Trinajstić information content (AvgIpc) is 3.39. The SMILES string of the molecule is O=c1c2ccccc2nc(-c2cc3cc(Cl)ccc3o2)n1N=Cc1cccc([N+](=O)[O-])c1OCc1ccc(Br)cc1Br. The Morgan fingerprint density at radius 3 is 2.69 bits per heavy atom. The van der Waals surface area contributed by atoms with Crippen molar-refractivity contribution in [1.29, 1.82) is 0 Å². The molecule has 0 spiro atoms. The van der Waals surface area contributed by atoms with Gasteiger partial charge < -0.3 is 9.15 Å². The molecule has 12 heteroatoms. The summed E-state index contributed by atoms with van der Waals surface area (Å²) >= 11 is 13.1. The number of para-hydroxylation sites is 2. The number of fused-ring (bicyclic) bond motifs is 2. The van der Waals surface area contributed by atoms with Crippen LogP contribution in [-0.4, -0.2) is 20.8 Å². The molecule has 2 aromatic heterocycles. The fourth-order valence-corrected chi connectivity index (χ4v) is 5.71. The number of aromatic nitrogens is 2. The molecule has 0 aliphatic heterocycles. The van der Waals surface area contributed by atoms with Gasteiger partial charge in [0, 0.05) is 36.5 Å². The predicted molar refractivity (Wildman–Crippen MR) is 168 cm³/mol. The van der Waals surface area contributed by atoms with E-state index in [1.165, 1.54) is 18.3 Å². The van der Waals surface area contributed by atoms with Crippen LogP contribution < -0.4 is 10.3 Å². The molecule has 208 valence electrons. The normalized spacial score (nSPS) is 11.5. The Morgan fingerprint density at radius 1 is 1.05 bits per heavy atom. The number of nitro groups is 1. The van der Waals surface area contributed by atoms with Gasteiger partial charge in [0.1, 0.15) is 12.2 Å². The van der Waals surface area contributed by atoms with Crippen molar-refractivity contribution in [3.63, 3.8) is 0 Å². The van der Waals surface area contributed by atoms with Crippen LogP contribution in [0.25, 0.3) is 33.5 Å². The first kappa shape index (κ1) is 27.8. The summed E-state index contributed by atoms with van der Waals surface area (Å²) in [5.41, 5.74) is 1.39. The lowest BCUT2D eigenvalue weighted by Crippen LogP contribution is -2.20. The first-order valence-corrected chi connectivity index (χ1v) is 14.3. The molecular weight excluding hydrogens is 692 g/mol. The molecule has 0 N–H and O–H groups in total. The lowest BCUT2D eigenvalue weighted by molar-refractivity contribution is -0.386. The van der Waals surface area contributed by atoms with Crippen molar-refractivity contribution in [2.75, 3.05) is 0 Å². The Morgan fingerprint density at radius 2 is 1.88 bits per heavy atom. The second-order valence-electron chi connectivity index (χ2n) is 9.08.